The highest BCUT2D eigenvalue weighted by molar-refractivity contribution is 6.01. The maximum atomic E-state index is 13.6. The van der Waals surface area contributed by atoms with E-state index in [-0.39, 0.29) is 18.6 Å². The lowest BCUT2D eigenvalue weighted by molar-refractivity contribution is -0.127. The molecule has 0 spiro atoms. The highest BCUT2D eigenvalue weighted by Gasteiger charge is 2.41. The Hall–Kier alpha value is -2.48. The summed E-state index contributed by atoms with van der Waals surface area (Å²) in [7, 11) is 0. The molecule has 2 N–H and O–H groups in total. The smallest absolute Gasteiger partial charge is 0.319 e. The maximum Gasteiger partial charge on any atom is 0.319 e. The maximum absolute atomic E-state index is 13.6. The molecular weight excluding hydrogens is 332 g/mol. The van der Waals surface area contributed by atoms with Crippen molar-refractivity contribution in [1.82, 2.24) is 15.5 Å². The van der Waals surface area contributed by atoms with Crippen LogP contribution in [0.5, 0.6) is 0 Å². The van der Waals surface area contributed by atoms with Crippen LogP contribution >= 0.6 is 0 Å². The normalized spacial score (nSPS) is 25.9. The molecule has 0 bridgehead atoms. The molecule has 1 aromatic carbocycles. The standard InChI is InChI=1S/C17H17F2N3O3/c18-11-4-3-9(6-12(11)19)15-14-13(20-17(24)21-15)8-22(16(14)23)7-10-2-1-5-25-10/h3-4,6,10,15H,1-2,5,7-8H2,(H2,20,21,24)/t10-,15+/m1/s1. The van der Waals surface area contributed by atoms with Crippen molar-refractivity contribution in [2.45, 2.75) is 25.0 Å². The molecule has 0 radical (unpaired) electrons. The number of ether oxygens (including phenoxy) is 1. The molecule has 3 aliphatic rings. The van der Waals surface area contributed by atoms with Crippen LogP contribution in [-0.4, -0.2) is 42.6 Å². The molecule has 3 heterocycles. The number of hydrogen-bond donors (Lipinski definition) is 2. The first kappa shape index (κ1) is 16.0. The van der Waals surface area contributed by atoms with Crippen molar-refractivity contribution in [3.8, 4) is 0 Å². The number of rotatable bonds is 3. The van der Waals surface area contributed by atoms with E-state index in [1.165, 1.54) is 6.07 Å². The Kier molecular flexibility index (Phi) is 3.91. The number of urea groups is 1. The fourth-order valence-electron chi connectivity index (χ4n) is 3.55. The van der Waals surface area contributed by atoms with Gasteiger partial charge in [0.1, 0.15) is 0 Å². The van der Waals surface area contributed by atoms with Gasteiger partial charge < -0.3 is 20.3 Å². The van der Waals surface area contributed by atoms with E-state index < -0.39 is 23.7 Å². The summed E-state index contributed by atoms with van der Waals surface area (Å²) in [4.78, 5) is 26.4. The number of amides is 3. The summed E-state index contributed by atoms with van der Waals surface area (Å²) in [5.41, 5.74) is 1.19. The van der Waals surface area contributed by atoms with E-state index >= 15 is 0 Å². The third-order valence-electron chi connectivity index (χ3n) is 4.75. The molecule has 1 saturated heterocycles. The van der Waals surface area contributed by atoms with Gasteiger partial charge in [0.05, 0.1) is 30.0 Å². The number of benzene rings is 1. The van der Waals surface area contributed by atoms with Gasteiger partial charge in [-0.2, -0.15) is 0 Å². The average molecular weight is 349 g/mol. The minimum Gasteiger partial charge on any atom is -0.376 e. The molecule has 0 unspecified atom stereocenters. The monoisotopic (exact) mass is 349 g/mol. The lowest BCUT2D eigenvalue weighted by Gasteiger charge is -2.25. The number of halogens is 2. The Morgan fingerprint density at radius 1 is 1.24 bits per heavy atom. The van der Waals surface area contributed by atoms with Crippen molar-refractivity contribution in [3.63, 3.8) is 0 Å². The van der Waals surface area contributed by atoms with Gasteiger partial charge in [0, 0.05) is 13.2 Å². The molecule has 4 rings (SSSR count). The van der Waals surface area contributed by atoms with Crippen molar-refractivity contribution in [2.24, 2.45) is 0 Å². The second-order valence-electron chi connectivity index (χ2n) is 6.42. The number of nitrogens with one attached hydrogen (secondary N) is 2. The van der Waals surface area contributed by atoms with E-state index in [1.807, 2.05) is 0 Å². The summed E-state index contributed by atoms with van der Waals surface area (Å²) >= 11 is 0. The van der Waals surface area contributed by atoms with Gasteiger partial charge in [0.25, 0.3) is 5.91 Å². The lowest BCUT2D eigenvalue weighted by Crippen LogP contribution is -2.44. The molecule has 0 aromatic heterocycles. The van der Waals surface area contributed by atoms with Crippen LogP contribution in [0.3, 0.4) is 0 Å². The highest BCUT2D eigenvalue weighted by Crippen LogP contribution is 2.33. The number of hydrogen-bond acceptors (Lipinski definition) is 3. The Morgan fingerprint density at radius 2 is 2.08 bits per heavy atom. The second-order valence-corrected chi connectivity index (χ2v) is 6.42. The summed E-state index contributed by atoms with van der Waals surface area (Å²) in [6, 6.07) is 2.09. The predicted octanol–water partition coefficient (Wildman–Crippen LogP) is 1.59. The van der Waals surface area contributed by atoms with Crippen molar-refractivity contribution < 1.29 is 23.1 Å². The van der Waals surface area contributed by atoms with Crippen LogP contribution in [0.2, 0.25) is 0 Å². The van der Waals surface area contributed by atoms with E-state index in [4.69, 9.17) is 4.74 Å². The molecule has 25 heavy (non-hydrogen) atoms. The second kappa shape index (κ2) is 6.11. The van der Waals surface area contributed by atoms with E-state index in [2.05, 4.69) is 10.6 Å². The first-order chi connectivity index (χ1) is 12.0. The number of nitrogens with zero attached hydrogens (tertiary/aromatic N) is 1. The number of carbonyl (C=O) groups excluding carboxylic acids is 2. The molecule has 132 valence electrons. The van der Waals surface area contributed by atoms with Gasteiger partial charge in [-0.3, -0.25) is 4.79 Å². The van der Waals surface area contributed by atoms with Gasteiger partial charge in [0.2, 0.25) is 0 Å². The Bertz CT molecular complexity index is 774. The molecule has 3 aliphatic heterocycles. The quantitative estimate of drug-likeness (QED) is 0.871. The zero-order valence-corrected chi connectivity index (χ0v) is 13.4. The highest BCUT2D eigenvalue weighted by atomic mass is 19.2. The third-order valence-corrected chi connectivity index (χ3v) is 4.75. The summed E-state index contributed by atoms with van der Waals surface area (Å²) in [5, 5.41) is 5.27. The zero-order chi connectivity index (χ0) is 17.6. The van der Waals surface area contributed by atoms with E-state index in [0.29, 0.717) is 30.0 Å². The SMILES string of the molecule is O=C1NC2=C(C(=O)N(C[C@H]3CCCO3)C2)[C@H](c2ccc(F)c(F)c2)N1. The van der Waals surface area contributed by atoms with Gasteiger partial charge in [-0.25, -0.2) is 13.6 Å². The molecule has 3 amide bonds. The minimum absolute atomic E-state index is 0.00400. The van der Waals surface area contributed by atoms with Crippen molar-refractivity contribution >= 4 is 11.9 Å². The van der Waals surface area contributed by atoms with Gasteiger partial charge in [-0.05, 0) is 30.5 Å². The Morgan fingerprint density at radius 3 is 2.80 bits per heavy atom. The van der Waals surface area contributed by atoms with Gasteiger partial charge in [-0.1, -0.05) is 6.07 Å². The van der Waals surface area contributed by atoms with Gasteiger partial charge >= 0.3 is 6.03 Å². The van der Waals surface area contributed by atoms with Crippen molar-refractivity contribution in [3.05, 3.63) is 46.7 Å². The van der Waals surface area contributed by atoms with Crippen LogP contribution in [0.4, 0.5) is 13.6 Å². The van der Waals surface area contributed by atoms with Crippen LogP contribution in [-0.2, 0) is 9.53 Å². The molecule has 1 aromatic rings. The molecule has 8 heteroatoms. The summed E-state index contributed by atoms with van der Waals surface area (Å²) in [6.45, 7) is 1.42. The van der Waals surface area contributed by atoms with Crippen LogP contribution in [0.15, 0.2) is 29.5 Å². The van der Waals surface area contributed by atoms with E-state index in [0.717, 1.165) is 25.0 Å². The fourth-order valence-corrected chi connectivity index (χ4v) is 3.55. The number of carbonyl (C=O) groups is 2. The third kappa shape index (κ3) is 2.86. The lowest BCUT2D eigenvalue weighted by atomic mass is 9.96. The van der Waals surface area contributed by atoms with Crippen LogP contribution in [0, 0.1) is 11.6 Å². The van der Waals surface area contributed by atoms with Crippen LogP contribution < -0.4 is 10.6 Å². The first-order valence-electron chi connectivity index (χ1n) is 8.19. The average Bonchev–Trinajstić information content (AvgIpc) is 3.18. The van der Waals surface area contributed by atoms with Gasteiger partial charge in [0.15, 0.2) is 11.6 Å². The topological polar surface area (TPSA) is 70.7 Å². The summed E-state index contributed by atoms with van der Waals surface area (Å²) in [5.74, 6) is -2.22. The van der Waals surface area contributed by atoms with Crippen LogP contribution in [0.25, 0.3) is 0 Å². The van der Waals surface area contributed by atoms with Crippen molar-refractivity contribution in [1.29, 1.82) is 0 Å². The predicted molar refractivity (Wildman–Crippen MR) is 83.3 cm³/mol. The summed E-state index contributed by atoms with van der Waals surface area (Å²) < 4.78 is 32.4. The first-order valence-corrected chi connectivity index (χ1v) is 8.19. The molecule has 0 saturated carbocycles. The van der Waals surface area contributed by atoms with Crippen LogP contribution in [0.1, 0.15) is 24.4 Å². The Balaban J connectivity index is 1.62. The minimum atomic E-state index is -1.02. The zero-order valence-electron chi connectivity index (χ0n) is 13.4. The van der Waals surface area contributed by atoms with E-state index in [1.54, 1.807) is 4.90 Å². The van der Waals surface area contributed by atoms with Gasteiger partial charge in [-0.15, -0.1) is 0 Å². The molecular formula is C17H17F2N3O3. The molecule has 2 atom stereocenters. The largest absolute Gasteiger partial charge is 0.376 e. The van der Waals surface area contributed by atoms with E-state index in [9.17, 15) is 18.4 Å². The molecule has 1 fully saturated rings. The Labute approximate surface area is 142 Å². The molecule has 0 aliphatic carbocycles. The fraction of sp³-hybridized carbons (Fsp3) is 0.412. The van der Waals surface area contributed by atoms with Crippen molar-refractivity contribution in [2.75, 3.05) is 19.7 Å². The molecule has 6 nitrogen and oxygen atoms in total. The summed E-state index contributed by atoms with van der Waals surface area (Å²) in [6.07, 6.45) is 1.86.